The number of benzene rings is 2. The smallest absolute Gasteiger partial charge is 0.329 e. The number of phenolic OH excluding ortho intramolecular Hbond substituents is 1. The molecular formula is C19H20BrN3O3. The molecule has 0 saturated carbocycles. The van der Waals surface area contributed by atoms with Gasteiger partial charge in [0.15, 0.2) is 0 Å². The summed E-state index contributed by atoms with van der Waals surface area (Å²) >= 11 is 3.28. The van der Waals surface area contributed by atoms with Crippen molar-refractivity contribution in [1.29, 1.82) is 0 Å². The van der Waals surface area contributed by atoms with E-state index in [2.05, 4.69) is 31.8 Å². The Hall–Kier alpha value is -2.67. The minimum absolute atomic E-state index is 0.0140. The molecule has 0 atom stereocenters. The second-order valence-electron chi connectivity index (χ2n) is 5.51. The van der Waals surface area contributed by atoms with Crippen molar-refractivity contribution >= 4 is 39.6 Å². The van der Waals surface area contributed by atoms with E-state index in [1.165, 1.54) is 12.3 Å². The maximum absolute atomic E-state index is 12.2. The van der Waals surface area contributed by atoms with E-state index in [1.54, 1.807) is 12.1 Å². The Bertz CT molecular complexity index is 828. The second kappa shape index (κ2) is 9.15. The van der Waals surface area contributed by atoms with Crippen LogP contribution < -0.4 is 10.7 Å². The minimum Gasteiger partial charge on any atom is -0.507 e. The lowest BCUT2D eigenvalue weighted by atomic mass is 10.0. The van der Waals surface area contributed by atoms with Gasteiger partial charge in [-0.25, -0.2) is 5.43 Å². The van der Waals surface area contributed by atoms with Crippen molar-refractivity contribution in [3.8, 4) is 5.75 Å². The van der Waals surface area contributed by atoms with Crippen LogP contribution in [0.1, 0.15) is 30.5 Å². The number of carbonyl (C=O) groups is 2. The van der Waals surface area contributed by atoms with Gasteiger partial charge in [0, 0.05) is 15.7 Å². The molecule has 0 aliphatic heterocycles. The number of nitrogens with zero attached hydrogens (tertiary/aromatic N) is 1. The third kappa shape index (κ3) is 4.92. The monoisotopic (exact) mass is 417 g/mol. The summed E-state index contributed by atoms with van der Waals surface area (Å²) in [6, 6.07) is 10.6. The lowest BCUT2D eigenvalue weighted by Crippen LogP contribution is -2.33. The van der Waals surface area contributed by atoms with Gasteiger partial charge in [0.05, 0.1) is 6.21 Å². The van der Waals surface area contributed by atoms with Crippen molar-refractivity contribution < 1.29 is 14.7 Å². The summed E-state index contributed by atoms with van der Waals surface area (Å²) in [6.07, 6.45) is 2.75. The van der Waals surface area contributed by atoms with Gasteiger partial charge in [0.25, 0.3) is 0 Å². The van der Waals surface area contributed by atoms with E-state index in [9.17, 15) is 14.7 Å². The summed E-state index contributed by atoms with van der Waals surface area (Å²) in [4.78, 5) is 24.1. The van der Waals surface area contributed by atoms with Crippen molar-refractivity contribution in [2.45, 2.75) is 26.7 Å². The van der Waals surface area contributed by atoms with Gasteiger partial charge in [-0.2, -0.15) is 5.10 Å². The zero-order valence-electron chi connectivity index (χ0n) is 14.5. The summed E-state index contributed by atoms with van der Waals surface area (Å²) < 4.78 is 0.754. The van der Waals surface area contributed by atoms with Crippen LogP contribution in [0.3, 0.4) is 0 Å². The SMILES string of the molecule is CCc1cccc(CC)c1NC(=O)C(=O)N/N=C/c1cc(Br)ccc1O. The highest BCUT2D eigenvalue weighted by atomic mass is 79.9. The summed E-state index contributed by atoms with van der Waals surface area (Å²) in [5.74, 6) is -1.67. The Morgan fingerprint density at radius 3 is 2.38 bits per heavy atom. The number of carbonyl (C=O) groups excluding carboxylic acids is 2. The van der Waals surface area contributed by atoms with Crippen molar-refractivity contribution in [3.05, 3.63) is 57.6 Å². The van der Waals surface area contributed by atoms with Gasteiger partial charge in [-0.05, 0) is 42.2 Å². The molecule has 0 saturated heterocycles. The van der Waals surface area contributed by atoms with Crippen molar-refractivity contribution in [1.82, 2.24) is 5.43 Å². The number of halogens is 1. The summed E-state index contributed by atoms with van der Waals surface area (Å²) in [7, 11) is 0. The lowest BCUT2D eigenvalue weighted by molar-refractivity contribution is -0.136. The molecule has 0 aliphatic rings. The van der Waals surface area contributed by atoms with Crippen LogP contribution in [0.5, 0.6) is 5.75 Å². The molecule has 0 radical (unpaired) electrons. The van der Waals surface area contributed by atoms with Crippen LogP contribution in [0.4, 0.5) is 5.69 Å². The van der Waals surface area contributed by atoms with E-state index in [0.717, 1.165) is 28.4 Å². The number of para-hydroxylation sites is 1. The molecule has 136 valence electrons. The first-order chi connectivity index (χ1) is 12.5. The Morgan fingerprint density at radius 2 is 1.77 bits per heavy atom. The number of aryl methyl sites for hydroxylation is 2. The maximum Gasteiger partial charge on any atom is 0.329 e. The van der Waals surface area contributed by atoms with E-state index in [-0.39, 0.29) is 5.75 Å². The normalized spacial score (nSPS) is 10.7. The van der Waals surface area contributed by atoms with Crippen LogP contribution in [-0.2, 0) is 22.4 Å². The number of amides is 2. The quantitative estimate of drug-likeness (QED) is 0.395. The molecular weight excluding hydrogens is 398 g/mol. The van der Waals surface area contributed by atoms with E-state index < -0.39 is 11.8 Å². The first-order valence-corrected chi connectivity index (χ1v) is 8.99. The van der Waals surface area contributed by atoms with Gasteiger partial charge < -0.3 is 10.4 Å². The van der Waals surface area contributed by atoms with Crippen LogP contribution in [0.15, 0.2) is 46.0 Å². The number of phenols is 1. The van der Waals surface area contributed by atoms with Gasteiger partial charge in [0.1, 0.15) is 5.75 Å². The number of nitrogens with one attached hydrogen (secondary N) is 2. The summed E-state index contributed by atoms with van der Waals surface area (Å²) in [6.45, 7) is 3.97. The fourth-order valence-electron chi connectivity index (χ4n) is 2.41. The molecule has 26 heavy (non-hydrogen) atoms. The standard InChI is InChI=1S/C19H20BrN3O3/c1-3-12-6-5-7-13(4-2)17(12)22-18(25)19(26)23-21-11-14-10-15(20)8-9-16(14)24/h5-11,24H,3-4H2,1-2H3,(H,22,25)(H,23,26)/b21-11+. The molecule has 0 aromatic heterocycles. The molecule has 2 aromatic carbocycles. The van der Waals surface area contributed by atoms with Crippen molar-refractivity contribution in [2.24, 2.45) is 5.10 Å². The molecule has 0 fully saturated rings. The highest BCUT2D eigenvalue weighted by Crippen LogP contribution is 2.22. The number of anilines is 1. The molecule has 2 amide bonds. The largest absolute Gasteiger partial charge is 0.507 e. The fourth-order valence-corrected chi connectivity index (χ4v) is 2.79. The zero-order chi connectivity index (χ0) is 19.1. The number of hydrogen-bond acceptors (Lipinski definition) is 4. The van der Waals surface area contributed by atoms with E-state index in [0.29, 0.717) is 11.3 Å². The average Bonchev–Trinajstić information content (AvgIpc) is 2.64. The molecule has 0 bridgehead atoms. The first kappa shape index (κ1) is 19.7. The van der Waals surface area contributed by atoms with Crippen molar-refractivity contribution in [3.63, 3.8) is 0 Å². The average molecular weight is 418 g/mol. The summed E-state index contributed by atoms with van der Waals surface area (Å²) in [5, 5.41) is 16.1. The van der Waals surface area contributed by atoms with E-state index >= 15 is 0 Å². The van der Waals surface area contributed by atoms with E-state index in [1.807, 2.05) is 32.0 Å². The third-order valence-corrected chi connectivity index (χ3v) is 4.30. The molecule has 7 heteroatoms. The van der Waals surface area contributed by atoms with Crippen LogP contribution >= 0.6 is 15.9 Å². The molecule has 0 unspecified atom stereocenters. The Morgan fingerprint density at radius 1 is 1.12 bits per heavy atom. The Balaban J connectivity index is 2.06. The molecule has 0 aliphatic carbocycles. The van der Waals surface area contributed by atoms with Crippen molar-refractivity contribution in [2.75, 3.05) is 5.32 Å². The fraction of sp³-hybridized carbons (Fsp3) is 0.211. The summed E-state index contributed by atoms with van der Waals surface area (Å²) in [5.41, 5.74) is 5.18. The van der Waals surface area contributed by atoms with Crippen LogP contribution in [0, 0.1) is 0 Å². The van der Waals surface area contributed by atoms with Crippen LogP contribution in [0.2, 0.25) is 0 Å². The first-order valence-electron chi connectivity index (χ1n) is 8.19. The van der Waals surface area contributed by atoms with Crippen LogP contribution in [0.25, 0.3) is 0 Å². The predicted molar refractivity (Wildman–Crippen MR) is 105 cm³/mol. The molecule has 3 N–H and O–H groups in total. The van der Waals surface area contributed by atoms with Crippen LogP contribution in [-0.4, -0.2) is 23.1 Å². The highest BCUT2D eigenvalue weighted by Gasteiger charge is 2.16. The molecule has 6 nitrogen and oxygen atoms in total. The number of aromatic hydroxyl groups is 1. The minimum atomic E-state index is -0.885. The van der Waals surface area contributed by atoms with E-state index in [4.69, 9.17) is 0 Å². The molecule has 2 rings (SSSR count). The van der Waals surface area contributed by atoms with Gasteiger partial charge in [-0.15, -0.1) is 0 Å². The number of hydrogen-bond donors (Lipinski definition) is 3. The maximum atomic E-state index is 12.2. The topological polar surface area (TPSA) is 90.8 Å². The number of hydrazone groups is 1. The molecule has 0 spiro atoms. The van der Waals surface area contributed by atoms with Gasteiger partial charge in [0.2, 0.25) is 0 Å². The van der Waals surface area contributed by atoms with Gasteiger partial charge in [-0.3, -0.25) is 9.59 Å². The zero-order valence-corrected chi connectivity index (χ0v) is 16.1. The predicted octanol–water partition coefficient (Wildman–Crippen LogP) is 3.37. The highest BCUT2D eigenvalue weighted by molar-refractivity contribution is 9.10. The lowest BCUT2D eigenvalue weighted by Gasteiger charge is -2.13. The van der Waals surface area contributed by atoms with Gasteiger partial charge >= 0.3 is 11.8 Å². The molecule has 0 heterocycles. The number of rotatable bonds is 5. The Labute approximate surface area is 160 Å². The van der Waals surface area contributed by atoms with Gasteiger partial charge in [-0.1, -0.05) is 48.0 Å². The Kier molecular flexibility index (Phi) is 6.91. The third-order valence-electron chi connectivity index (χ3n) is 3.80. The second-order valence-corrected chi connectivity index (χ2v) is 6.43. The molecule has 2 aromatic rings.